The Balaban J connectivity index is 1.65. The molecule has 2 aromatic heterocycles. The van der Waals surface area contributed by atoms with Gasteiger partial charge in [0.2, 0.25) is 15.9 Å². The second kappa shape index (κ2) is 6.56. The van der Waals surface area contributed by atoms with Gasteiger partial charge in [-0.3, -0.25) is 4.57 Å². The first-order valence-electron chi connectivity index (χ1n) is 9.18. The topological polar surface area (TPSA) is 120 Å². The standard InChI is InChI=1S/C18H22N4O5S/c1-4-18(2,3)21-28(24,25)12-7-8-13-14(9-12)26-17(23)22(13)10-15-19-16(27-20-15)11-5-6-11/h7-9,11,21H,4-6,10H2,1-3H3. The zero-order chi connectivity index (χ0) is 20.1. The van der Waals surface area contributed by atoms with Crippen molar-refractivity contribution in [1.82, 2.24) is 19.4 Å². The first kappa shape index (κ1) is 18.9. The number of nitrogens with one attached hydrogen (secondary N) is 1. The number of fused-ring (bicyclic) bond motifs is 1. The number of nitrogens with zero attached hydrogens (tertiary/aromatic N) is 3. The lowest BCUT2D eigenvalue weighted by atomic mass is 10.0. The Morgan fingerprint density at radius 3 is 2.75 bits per heavy atom. The predicted octanol–water partition coefficient (Wildman–Crippen LogP) is 2.37. The van der Waals surface area contributed by atoms with E-state index in [4.69, 9.17) is 8.94 Å². The third kappa shape index (κ3) is 3.61. The minimum Gasteiger partial charge on any atom is -0.408 e. The molecule has 4 rings (SSSR count). The molecule has 1 aliphatic carbocycles. The van der Waals surface area contributed by atoms with Gasteiger partial charge >= 0.3 is 5.76 Å². The van der Waals surface area contributed by atoms with Crippen molar-refractivity contribution in [1.29, 1.82) is 0 Å². The lowest BCUT2D eigenvalue weighted by Crippen LogP contribution is -2.42. The maximum atomic E-state index is 12.6. The van der Waals surface area contributed by atoms with Crippen LogP contribution in [0.1, 0.15) is 57.7 Å². The molecule has 28 heavy (non-hydrogen) atoms. The summed E-state index contributed by atoms with van der Waals surface area (Å²) in [5.74, 6) is 0.694. The number of oxazole rings is 1. The summed E-state index contributed by atoms with van der Waals surface area (Å²) in [6.07, 6.45) is 2.71. The summed E-state index contributed by atoms with van der Waals surface area (Å²) in [6, 6.07) is 4.36. The SMILES string of the molecule is CCC(C)(C)NS(=O)(=O)c1ccc2c(c1)oc(=O)n2Cc1noc(C2CC2)n1. The van der Waals surface area contributed by atoms with Gasteiger partial charge in [-0.25, -0.2) is 17.9 Å². The van der Waals surface area contributed by atoms with Crippen LogP contribution in [-0.2, 0) is 16.6 Å². The van der Waals surface area contributed by atoms with Gasteiger partial charge in [-0.15, -0.1) is 0 Å². The van der Waals surface area contributed by atoms with Gasteiger partial charge in [0, 0.05) is 17.5 Å². The fraction of sp³-hybridized carbons (Fsp3) is 0.500. The molecule has 150 valence electrons. The molecule has 1 aliphatic rings. The molecule has 0 amide bonds. The summed E-state index contributed by atoms with van der Waals surface area (Å²) in [6.45, 7) is 5.60. The van der Waals surface area contributed by atoms with Crippen molar-refractivity contribution in [3.8, 4) is 0 Å². The van der Waals surface area contributed by atoms with Crippen LogP contribution in [0.25, 0.3) is 11.1 Å². The third-order valence-corrected chi connectivity index (χ3v) is 6.65. The first-order valence-corrected chi connectivity index (χ1v) is 10.7. The Labute approximate surface area is 161 Å². The van der Waals surface area contributed by atoms with Crippen LogP contribution < -0.4 is 10.5 Å². The largest absolute Gasteiger partial charge is 0.420 e. The van der Waals surface area contributed by atoms with E-state index in [1.807, 2.05) is 6.92 Å². The molecule has 0 aliphatic heterocycles. The average molecular weight is 406 g/mol. The van der Waals surface area contributed by atoms with Crippen molar-refractivity contribution in [3.63, 3.8) is 0 Å². The van der Waals surface area contributed by atoms with Crippen LogP contribution in [0.2, 0.25) is 0 Å². The molecular weight excluding hydrogens is 384 g/mol. The lowest BCUT2D eigenvalue weighted by molar-refractivity contribution is 0.372. The van der Waals surface area contributed by atoms with Gasteiger partial charge in [0.15, 0.2) is 11.4 Å². The van der Waals surface area contributed by atoms with Crippen molar-refractivity contribution in [2.24, 2.45) is 0 Å². The Morgan fingerprint density at radius 1 is 1.32 bits per heavy atom. The van der Waals surface area contributed by atoms with Gasteiger partial charge in [-0.1, -0.05) is 12.1 Å². The molecule has 1 saturated carbocycles. The molecule has 0 saturated heterocycles. The van der Waals surface area contributed by atoms with E-state index < -0.39 is 21.3 Å². The highest BCUT2D eigenvalue weighted by atomic mass is 32.2. The maximum Gasteiger partial charge on any atom is 0.420 e. The smallest absolute Gasteiger partial charge is 0.408 e. The predicted molar refractivity (Wildman–Crippen MR) is 101 cm³/mol. The van der Waals surface area contributed by atoms with E-state index in [1.165, 1.54) is 16.7 Å². The summed E-state index contributed by atoms with van der Waals surface area (Å²) in [5.41, 5.74) is 0.0721. The van der Waals surface area contributed by atoms with E-state index in [9.17, 15) is 13.2 Å². The second-order valence-corrected chi connectivity index (χ2v) is 9.43. The van der Waals surface area contributed by atoms with E-state index in [2.05, 4.69) is 14.9 Å². The number of hydrogen-bond donors (Lipinski definition) is 1. The molecule has 0 spiro atoms. The Hall–Kier alpha value is -2.46. The zero-order valence-corrected chi connectivity index (χ0v) is 16.7. The number of rotatable bonds is 7. The van der Waals surface area contributed by atoms with Crippen LogP contribution in [0, 0.1) is 0 Å². The minimum atomic E-state index is -3.74. The molecule has 0 atom stereocenters. The monoisotopic (exact) mass is 406 g/mol. The number of hydrogen-bond acceptors (Lipinski definition) is 7. The van der Waals surface area contributed by atoms with Crippen LogP contribution >= 0.6 is 0 Å². The molecule has 1 N–H and O–H groups in total. The van der Waals surface area contributed by atoms with E-state index in [1.54, 1.807) is 19.9 Å². The van der Waals surface area contributed by atoms with E-state index >= 15 is 0 Å². The number of aromatic nitrogens is 3. The van der Waals surface area contributed by atoms with Gasteiger partial charge in [0.1, 0.15) is 0 Å². The van der Waals surface area contributed by atoms with Gasteiger partial charge in [0.05, 0.1) is 17.0 Å². The summed E-state index contributed by atoms with van der Waals surface area (Å²) in [4.78, 5) is 16.6. The zero-order valence-electron chi connectivity index (χ0n) is 15.9. The van der Waals surface area contributed by atoms with Crippen LogP contribution in [0.5, 0.6) is 0 Å². The third-order valence-electron chi connectivity index (χ3n) is 4.95. The molecule has 2 heterocycles. The fourth-order valence-corrected chi connectivity index (χ4v) is 4.33. The van der Waals surface area contributed by atoms with Crippen molar-refractivity contribution in [2.45, 2.75) is 62.9 Å². The molecule has 0 radical (unpaired) electrons. The Morgan fingerprint density at radius 2 is 2.07 bits per heavy atom. The van der Waals surface area contributed by atoms with Gasteiger partial charge in [0.25, 0.3) is 0 Å². The second-order valence-electron chi connectivity index (χ2n) is 7.75. The van der Waals surface area contributed by atoms with Gasteiger partial charge < -0.3 is 8.94 Å². The molecule has 0 unspecified atom stereocenters. The normalized spacial score (nSPS) is 15.4. The molecule has 0 bridgehead atoms. The van der Waals surface area contributed by atoms with Crippen molar-refractivity contribution in [2.75, 3.05) is 0 Å². The fourth-order valence-electron chi connectivity index (χ4n) is 2.83. The van der Waals surface area contributed by atoms with Gasteiger partial charge in [-0.2, -0.15) is 4.98 Å². The Kier molecular flexibility index (Phi) is 4.42. The minimum absolute atomic E-state index is 0.0398. The van der Waals surface area contributed by atoms with Crippen LogP contribution in [0.15, 0.2) is 36.8 Å². The highest BCUT2D eigenvalue weighted by molar-refractivity contribution is 7.89. The maximum absolute atomic E-state index is 12.6. The van der Waals surface area contributed by atoms with E-state index in [0.717, 1.165) is 12.8 Å². The van der Waals surface area contributed by atoms with Crippen molar-refractivity contribution < 1.29 is 17.4 Å². The highest BCUT2D eigenvalue weighted by Crippen LogP contribution is 2.38. The molecule has 1 aromatic carbocycles. The molecule has 1 fully saturated rings. The molecule has 10 heteroatoms. The Bertz CT molecular complexity index is 1180. The van der Waals surface area contributed by atoms with Crippen molar-refractivity contribution in [3.05, 3.63) is 40.5 Å². The number of sulfonamides is 1. The summed E-state index contributed by atoms with van der Waals surface area (Å²) >= 11 is 0. The van der Waals surface area contributed by atoms with Crippen LogP contribution in [0.3, 0.4) is 0 Å². The average Bonchev–Trinajstić information content (AvgIpc) is 3.29. The molecule has 3 aromatic rings. The first-order chi connectivity index (χ1) is 13.2. The van der Waals surface area contributed by atoms with E-state index in [-0.39, 0.29) is 17.0 Å². The summed E-state index contributed by atoms with van der Waals surface area (Å²) in [7, 11) is -3.74. The number of benzene rings is 1. The van der Waals surface area contributed by atoms with Crippen LogP contribution in [0.4, 0.5) is 0 Å². The quantitative estimate of drug-likeness (QED) is 0.639. The molecule has 9 nitrogen and oxygen atoms in total. The van der Waals surface area contributed by atoms with E-state index in [0.29, 0.717) is 29.6 Å². The van der Waals surface area contributed by atoms with Gasteiger partial charge in [-0.05, 0) is 45.2 Å². The molecular formula is C18H22N4O5S. The highest BCUT2D eigenvalue weighted by Gasteiger charge is 2.30. The van der Waals surface area contributed by atoms with Crippen molar-refractivity contribution >= 4 is 21.1 Å². The summed E-state index contributed by atoms with van der Waals surface area (Å²) in [5, 5.41) is 3.91. The van der Waals surface area contributed by atoms with Crippen LogP contribution in [-0.4, -0.2) is 28.7 Å². The lowest BCUT2D eigenvalue weighted by Gasteiger charge is -2.24. The summed E-state index contributed by atoms with van der Waals surface area (Å²) < 4.78 is 39.8.